The van der Waals surface area contributed by atoms with Gasteiger partial charge in [0.05, 0.1) is 5.54 Å². The Morgan fingerprint density at radius 2 is 2.25 bits per heavy atom. The molecule has 0 saturated carbocycles. The first-order chi connectivity index (χ1) is 9.27. The van der Waals surface area contributed by atoms with Gasteiger partial charge in [-0.25, -0.2) is 14.6 Å². The van der Waals surface area contributed by atoms with E-state index in [1.807, 2.05) is 19.2 Å². The number of carbonyl (C=O) groups is 2. The quantitative estimate of drug-likeness (QED) is 0.894. The van der Waals surface area contributed by atoms with Crippen molar-refractivity contribution in [2.24, 2.45) is 0 Å². The maximum atomic E-state index is 12.4. The highest BCUT2D eigenvalue weighted by atomic mass is 32.1. The molecular weight excluding hydrogens is 278 g/mol. The van der Waals surface area contributed by atoms with Crippen LogP contribution in [0.4, 0.5) is 4.79 Å². The number of hydrogen-bond donors (Lipinski definition) is 2. The van der Waals surface area contributed by atoms with E-state index in [2.05, 4.69) is 10.3 Å². The van der Waals surface area contributed by atoms with Gasteiger partial charge in [-0.05, 0) is 33.6 Å². The van der Waals surface area contributed by atoms with E-state index in [1.165, 1.54) is 16.2 Å². The zero-order valence-electron chi connectivity index (χ0n) is 11.8. The first-order valence-electron chi connectivity index (χ1n) is 6.50. The zero-order valence-corrected chi connectivity index (χ0v) is 12.7. The topological polar surface area (TPSA) is 82.5 Å². The van der Waals surface area contributed by atoms with Crippen molar-refractivity contribution in [3.05, 3.63) is 16.6 Å². The lowest BCUT2D eigenvalue weighted by atomic mass is 9.99. The van der Waals surface area contributed by atoms with E-state index in [-0.39, 0.29) is 6.03 Å². The Hall–Kier alpha value is -1.63. The number of carboxylic acid groups (broad SMARTS) is 1. The monoisotopic (exact) mass is 297 g/mol. The summed E-state index contributed by atoms with van der Waals surface area (Å²) in [4.78, 5) is 29.4. The summed E-state index contributed by atoms with van der Waals surface area (Å²) in [5.74, 6) is -0.961. The van der Waals surface area contributed by atoms with Gasteiger partial charge in [-0.1, -0.05) is 0 Å². The van der Waals surface area contributed by atoms with Crippen molar-refractivity contribution in [2.75, 3.05) is 6.54 Å². The van der Waals surface area contributed by atoms with Gasteiger partial charge in [-0.3, -0.25) is 0 Å². The third-order valence-corrected chi connectivity index (χ3v) is 4.83. The van der Waals surface area contributed by atoms with Crippen molar-refractivity contribution in [3.8, 4) is 0 Å². The lowest BCUT2D eigenvalue weighted by Crippen LogP contribution is -2.57. The van der Waals surface area contributed by atoms with Crippen molar-refractivity contribution in [3.63, 3.8) is 0 Å². The number of rotatable bonds is 3. The van der Waals surface area contributed by atoms with Gasteiger partial charge in [-0.15, -0.1) is 11.3 Å². The molecule has 2 rings (SSSR count). The molecule has 2 N–H and O–H groups in total. The summed E-state index contributed by atoms with van der Waals surface area (Å²) < 4.78 is 0. The predicted octanol–water partition coefficient (Wildman–Crippen LogP) is 2.03. The fourth-order valence-electron chi connectivity index (χ4n) is 2.43. The molecule has 1 unspecified atom stereocenters. The molecule has 2 heterocycles. The molecular formula is C13H19N3O3S. The Balaban J connectivity index is 2.14. The van der Waals surface area contributed by atoms with E-state index >= 15 is 0 Å². The van der Waals surface area contributed by atoms with Crippen LogP contribution >= 0.6 is 11.3 Å². The van der Waals surface area contributed by atoms with E-state index in [1.54, 1.807) is 13.1 Å². The van der Waals surface area contributed by atoms with Gasteiger partial charge in [-0.2, -0.15) is 0 Å². The van der Waals surface area contributed by atoms with Crippen LogP contribution in [0.5, 0.6) is 0 Å². The van der Waals surface area contributed by atoms with Crippen LogP contribution in [0.1, 0.15) is 38.6 Å². The second-order valence-electron chi connectivity index (χ2n) is 5.73. The average molecular weight is 297 g/mol. The number of thiazole rings is 1. The van der Waals surface area contributed by atoms with Crippen molar-refractivity contribution < 1.29 is 14.7 Å². The molecule has 110 valence electrons. The third-order valence-electron chi connectivity index (χ3n) is 3.73. The number of nitrogens with one attached hydrogen (secondary N) is 1. The van der Waals surface area contributed by atoms with Crippen molar-refractivity contribution >= 4 is 23.3 Å². The lowest BCUT2D eigenvalue weighted by Gasteiger charge is -2.34. The molecule has 1 aromatic heterocycles. The summed E-state index contributed by atoms with van der Waals surface area (Å²) in [7, 11) is 0. The maximum absolute atomic E-state index is 12.4. The van der Waals surface area contributed by atoms with E-state index < -0.39 is 17.0 Å². The van der Waals surface area contributed by atoms with Crippen molar-refractivity contribution in [1.82, 2.24) is 15.2 Å². The number of nitrogens with zero attached hydrogens (tertiary/aromatic N) is 2. The molecule has 7 heteroatoms. The van der Waals surface area contributed by atoms with Gasteiger partial charge < -0.3 is 15.3 Å². The molecule has 0 spiro atoms. The summed E-state index contributed by atoms with van der Waals surface area (Å²) >= 11 is 1.46. The minimum absolute atomic E-state index is 0.354. The Bertz CT molecular complexity index is 515. The molecule has 1 fully saturated rings. The number of aliphatic carboxylic acids is 1. The summed E-state index contributed by atoms with van der Waals surface area (Å²) in [6.45, 7) is 5.77. The van der Waals surface area contributed by atoms with Gasteiger partial charge in [0.15, 0.2) is 0 Å². The number of amides is 2. The van der Waals surface area contributed by atoms with Crippen LogP contribution in [0.15, 0.2) is 11.6 Å². The second kappa shape index (κ2) is 5.05. The summed E-state index contributed by atoms with van der Waals surface area (Å²) in [5.41, 5.74) is -1.74. The van der Waals surface area contributed by atoms with Crippen LogP contribution in [-0.4, -0.2) is 39.1 Å². The Morgan fingerprint density at radius 1 is 1.55 bits per heavy atom. The van der Waals surface area contributed by atoms with Gasteiger partial charge in [0.25, 0.3) is 0 Å². The molecule has 2 amide bonds. The van der Waals surface area contributed by atoms with E-state index in [9.17, 15) is 14.7 Å². The first kappa shape index (κ1) is 14.8. The number of urea groups is 1. The average Bonchev–Trinajstić information content (AvgIpc) is 2.97. The summed E-state index contributed by atoms with van der Waals surface area (Å²) in [5, 5.41) is 14.9. The molecule has 1 atom stereocenters. The van der Waals surface area contributed by atoms with Crippen molar-refractivity contribution in [1.29, 1.82) is 0 Å². The predicted molar refractivity (Wildman–Crippen MR) is 75.7 cm³/mol. The molecule has 1 aromatic rings. The van der Waals surface area contributed by atoms with E-state index in [4.69, 9.17) is 0 Å². The fourth-order valence-corrected chi connectivity index (χ4v) is 3.15. The molecule has 0 bridgehead atoms. The Kier molecular flexibility index (Phi) is 3.73. The van der Waals surface area contributed by atoms with Crippen LogP contribution < -0.4 is 5.32 Å². The number of likely N-dealkylation sites (tertiary alicyclic amines) is 1. The highest BCUT2D eigenvalue weighted by Crippen LogP contribution is 2.30. The van der Waals surface area contributed by atoms with E-state index in [0.29, 0.717) is 19.4 Å². The largest absolute Gasteiger partial charge is 0.480 e. The minimum Gasteiger partial charge on any atom is -0.480 e. The van der Waals surface area contributed by atoms with E-state index in [0.717, 1.165) is 5.01 Å². The molecule has 1 saturated heterocycles. The lowest BCUT2D eigenvalue weighted by molar-refractivity contribution is -0.147. The second-order valence-corrected chi connectivity index (χ2v) is 6.62. The molecule has 0 radical (unpaired) electrons. The standard InChI is InChI=1S/C13H19N3O3S/c1-12(2,9-14-6-8-20-9)15-11(19)16-7-4-5-13(16,3)10(17)18/h6,8H,4-5,7H2,1-3H3,(H,15,19)(H,17,18). The molecule has 6 nitrogen and oxygen atoms in total. The SMILES string of the molecule is CC(C)(NC(=O)N1CCCC1(C)C(=O)O)c1nccs1. The molecule has 0 aliphatic carbocycles. The highest BCUT2D eigenvalue weighted by Gasteiger charge is 2.46. The Morgan fingerprint density at radius 3 is 2.80 bits per heavy atom. The minimum atomic E-state index is -1.12. The van der Waals surface area contributed by atoms with Gasteiger partial charge in [0.2, 0.25) is 0 Å². The molecule has 20 heavy (non-hydrogen) atoms. The molecule has 0 aromatic carbocycles. The number of carboxylic acids is 1. The van der Waals surface area contributed by atoms with Crippen LogP contribution in [0, 0.1) is 0 Å². The first-order valence-corrected chi connectivity index (χ1v) is 7.38. The van der Waals surface area contributed by atoms with Crippen LogP contribution in [0.25, 0.3) is 0 Å². The highest BCUT2D eigenvalue weighted by molar-refractivity contribution is 7.09. The summed E-state index contributed by atoms with van der Waals surface area (Å²) in [6.07, 6.45) is 2.87. The molecule has 1 aliphatic heterocycles. The Labute approximate surface area is 121 Å². The fraction of sp³-hybridized carbons (Fsp3) is 0.615. The third kappa shape index (κ3) is 2.49. The smallest absolute Gasteiger partial charge is 0.329 e. The van der Waals surface area contributed by atoms with Crippen LogP contribution in [0.2, 0.25) is 0 Å². The number of hydrogen-bond acceptors (Lipinski definition) is 4. The zero-order chi connectivity index (χ0) is 15.0. The maximum Gasteiger partial charge on any atom is 0.329 e. The molecule has 1 aliphatic rings. The number of aromatic nitrogens is 1. The normalized spacial score (nSPS) is 22.9. The summed E-state index contributed by atoms with van der Waals surface area (Å²) in [6, 6.07) is -0.354. The van der Waals surface area contributed by atoms with Gasteiger partial charge in [0.1, 0.15) is 10.5 Å². The number of carbonyl (C=O) groups excluding carboxylic acids is 1. The van der Waals surface area contributed by atoms with Gasteiger partial charge >= 0.3 is 12.0 Å². The van der Waals surface area contributed by atoms with Crippen LogP contribution in [0.3, 0.4) is 0 Å². The van der Waals surface area contributed by atoms with Crippen LogP contribution in [-0.2, 0) is 10.3 Å². The van der Waals surface area contributed by atoms with Gasteiger partial charge in [0, 0.05) is 18.1 Å². The van der Waals surface area contributed by atoms with Crippen molar-refractivity contribution in [2.45, 2.75) is 44.7 Å².